The number of anilines is 2. The highest BCUT2D eigenvalue weighted by Crippen LogP contribution is 2.16. The Kier molecular flexibility index (Phi) is 6.15. The number of nitrogens with one attached hydrogen (secondary N) is 1. The minimum atomic E-state index is -0.104. The van der Waals surface area contributed by atoms with Crippen LogP contribution in [0.5, 0.6) is 0 Å². The lowest BCUT2D eigenvalue weighted by atomic mass is 10.2. The van der Waals surface area contributed by atoms with E-state index < -0.39 is 0 Å². The number of carbonyl (C=O) groups is 1. The molecule has 0 spiro atoms. The molecule has 1 heterocycles. The quantitative estimate of drug-likeness (QED) is 0.830. The molecule has 0 unspecified atom stereocenters. The average molecular weight is 311 g/mol. The number of aromatic nitrogens is 1. The fraction of sp³-hybridized carbons (Fsp3) is 0.368. The molecule has 122 valence electrons. The number of amides is 1. The predicted molar refractivity (Wildman–Crippen MR) is 96.2 cm³/mol. The summed E-state index contributed by atoms with van der Waals surface area (Å²) in [5, 5.41) is 2.94. The van der Waals surface area contributed by atoms with Crippen molar-refractivity contribution in [2.24, 2.45) is 0 Å². The van der Waals surface area contributed by atoms with Crippen LogP contribution in [0, 0.1) is 6.92 Å². The van der Waals surface area contributed by atoms with Crippen LogP contribution in [0.25, 0.3) is 0 Å². The normalized spacial score (nSPS) is 10.4. The molecule has 0 bridgehead atoms. The lowest BCUT2D eigenvalue weighted by molar-refractivity contribution is 0.102. The zero-order valence-corrected chi connectivity index (χ0v) is 14.2. The van der Waals surface area contributed by atoms with Crippen LogP contribution in [0.3, 0.4) is 0 Å². The van der Waals surface area contributed by atoms with Crippen molar-refractivity contribution in [3.63, 3.8) is 0 Å². The molecule has 1 N–H and O–H groups in total. The first-order valence-corrected chi connectivity index (χ1v) is 8.23. The zero-order valence-electron chi connectivity index (χ0n) is 14.2. The monoisotopic (exact) mass is 311 g/mol. The largest absolute Gasteiger partial charge is 0.357 e. The maximum Gasteiger partial charge on any atom is 0.255 e. The van der Waals surface area contributed by atoms with Gasteiger partial charge in [-0.1, -0.05) is 26.0 Å². The Morgan fingerprint density at radius 1 is 1.13 bits per heavy atom. The molecule has 0 radical (unpaired) electrons. The molecule has 0 aliphatic heterocycles. The van der Waals surface area contributed by atoms with Crippen molar-refractivity contribution in [2.45, 2.75) is 33.6 Å². The maximum absolute atomic E-state index is 12.5. The molecule has 2 rings (SSSR count). The highest BCUT2D eigenvalue weighted by atomic mass is 16.1. The molecule has 4 nitrogen and oxygen atoms in total. The van der Waals surface area contributed by atoms with Gasteiger partial charge in [0.25, 0.3) is 5.91 Å². The molecule has 0 saturated carbocycles. The molecule has 23 heavy (non-hydrogen) atoms. The van der Waals surface area contributed by atoms with Crippen molar-refractivity contribution in [1.29, 1.82) is 0 Å². The van der Waals surface area contributed by atoms with E-state index in [1.807, 2.05) is 37.3 Å². The maximum atomic E-state index is 12.5. The standard InChI is InChI=1S/C19H25N3O/c1-4-11-22(12-5-2)18-14-16(9-10-20-18)19(23)21-17-8-6-7-15(3)13-17/h6-10,13-14H,4-5,11-12H2,1-3H3,(H,21,23). The smallest absolute Gasteiger partial charge is 0.255 e. The van der Waals surface area contributed by atoms with Gasteiger partial charge in [0.2, 0.25) is 0 Å². The van der Waals surface area contributed by atoms with Gasteiger partial charge in [-0.3, -0.25) is 4.79 Å². The lowest BCUT2D eigenvalue weighted by Crippen LogP contribution is -2.26. The summed E-state index contributed by atoms with van der Waals surface area (Å²) in [6, 6.07) is 11.4. The molecule has 0 fully saturated rings. The molecule has 1 aromatic heterocycles. The van der Waals surface area contributed by atoms with E-state index in [9.17, 15) is 4.79 Å². The molecule has 0 aliphatic carbocycles. The van der Waals surface area contributed by atoms with Gasteiger partial charge in [0, 0.05) is 30.5 Å². The van der Waals surface area contributed by atoms with Gasteiger partial charge in [0.15, 0.2) is 0 Å². The van der Waals surface area contributed by atoms with E-state index >= 15 is 0 Å². The third kappa shape index (κ3) is 4.81. The first-order valence-electron chi connectivity index (χ1n) is 8.23. The van der Waals surface area contributed by atoms with Gasteiger partial charge < -0.3 is 10.2 Å². The number of pyridine rings is 1. The summed E-state index contributed by atoms with van der Waals surface area (Å²) in [5.41, 5.74) is 2.57. The summed E-state index contributed by atoms with van der Waals surface area (Å²) in [5.74, 6) is 0.762. The Balaban J connectivity index is 2.16. The van der Waals surface area contributed by atoms with Crippen molar-refractivity contribution >= 4 is 17.4 Å². The van der Waals surface area contributed by atoms with Gasteiger partial charge in [0.1, 0.15) is 5.82 Å². The fourth-order valence-corrected chi connectivity index (χ4v) is 2.54. The topological polar surface area (TPSA) is 45.2 Å². The Hall–Kier alpha value is -2.36. The molecule has 0 saturated heterocycles. The zero-order chi connectivity index (χ0) is 16.7. The highest BCUT2D eigenvalue weighted by molar-refractivity contribution is 6.04. The van der Waals surface area contributed by atoms with Crippen molar-refractivity contribution in [1.82, 2.24) is 4.98 Å². The SMILES string of the molecule is CCCN(CCC)c1cc(C(=O)Nc2cccc(C)c2)ccn1. The molecular weight excluding hydrogens is 286 g/mol. The third-order valence-corrected chi connectivity index (χ3v) is 3.59. The predicted octanol–water partition coefficient (Wildman–Crippen LogP) is 4.27. The van der Waals surface area contributed by atoms with Crippen molar-refractivity contribution in [2.75, 3.05) is 23.3 Å². The lowest BCUT2D eigenvalue weighted by Gasteiger charge is -2.22. The third-order valence-electron chi connectivity index (χ3n) is 3.59. The van der Waals surface area contributed by atoms with E-state index in [-0.39, 0.29) is 5.91 Å². The second-order valence-corrected chi connectivity index (χ2v) is 5.71. The molecule has 0 atom stereocenters. The Morgan fingerprint density at radius 2 is 1.87 bits per heavy atom. The van der Waals surface area contributed by atoms with Crippen molar-refractivity contribution in [3.8, 4) is 0 Å². The van der Waals surface area contributed by atoms with E-state index in [0.717, 1.165) is 43.0 Å². The number of carbonyl (C=O) groups excluding carboxylic acids is 1. The van der Waals surface area contributed by atoms with Crippen molar-refractivity contribution in [3.05, 3.63) is 53.7 Å². The molecule has 2 aromatic rings. The number of rotatable bonds is 7. The van der Waals surface area contributed by atoms with Gasteiger partial charge in [-0.15, -0.1) is 0 Å². The molecular formula is C19H25N3O. The van der Waals surface area contributed by atoms with Gasteiger partial charge >= 0.3 is 0 Å². The number of benzene rings is 1. The summed E-state index contributed by atoms with van der Waals surface area (Å²) >= 11 is 0. The van der Waals surface area contributed by atoms with Crippen LogP contribution in [0.15, 0.2) is 42.6 Å². The van der Waals surface area contributed by atoms with Crippen LogP contribution in [0.1, 0.15) is 42.6 Å². The van der Waals surface area contributed by atoms with E-state index in [4.69, 9.17) is 0 Å². The number of hydrogen-bond donors (Lipinski definition) is 1. The Morgan fingerprint density at radius 3 is 2.52 bits per heavy atom. The second kappa shape index (κ2) is 8.32. The second-order valence-electron chi connectivity index (χ2n) is 5.71. The van der Waals surface area contributed by atoms with E-state index in [1.165, 1.54) is 0 Å². The minimum absolute atomic E-state index is 0.104. The summed E-state index contributed by atoms with van der Waals surface area (Å²) in [7, 11) is 0. The van der Waals surface area contributed by atoms with Crippen LogP contribution in [0.2, 0.25) is 0 Å². The van der Waals surface area contributed by atoms with Gasteiger partial charge in [-0.25, -0.2) is 4.98 Å². The highest BCUT2D eigenvalue weighted by Gasteiger charge is 2.11. The summed E-state index contributed by atoms with van der Waals surface area (Å²) in [6.07, 6.45) is 3.82. The Bertz CT molecular complexity index is 649. The van der Waals surface area contributed by atoms with E-state index in [1.54, 1.807) is 12.3 Å². The summed E-state index contributed by atoms with van der Waals surface area (Å²) in [4.78, 5) is 19.1. The van der Waals surface area contributed by atoms with Gasteiger partial charge in [-0.05, 0) is 49.6 Å². The fourth-order valence-electron chi connectivity index (χ4n) is 2.54. The number of nitrogens with zero attached hydrogens (tertiary/aromatic N) is 2. The van der Waals surface area contributed by atoms with Crippen LogP contribution in [-0.2, 0) is 0 Å². The number of aryl methyl sites for hydroxylation is 1. The molecule has 1 amide bonds. The van der Waals surface area contributed by atoms with Gasteiger partial charge in [0.05, 0.1) is 0 Å². The summed E-state index contributed by atoms with van der Waals surface area (Å²) in [6.45, 7) is 8.20. The molecule has 1 aromatic carbocycles. The molecule has 4 heteroatoms. The first-order chi connectivity index (χ1) is 11.1. The van der Waals surface area contributed by atoms with E-state index in [2.05, 4.69) is 29.0 Å². The van der Waals surface area contributed by atoms with Gasteiger partial charge in [-0.2, -0.15) is 0 Å². The van der Waals surface area contributed by atoms with Crippen LogP contribution in [-0.4, -0.2) is 24.0 Å². The van der Waals surface area contributed by atoms with Crippen molar-refractivity contribution < 1.29 is 4.79 Å². The Labute approximate surface area is 138 Å². The molecule has 0 aliphatic rings. The first kappa shape index (κ1) is 17.0. The van der Waals surface area contributed by atoms with Crippen LogP contribution >= 0.6 is 0 Å². The van der Waals surface area contributed by atoms with Crippen LogP contribution < -0.4 is 10.2 Å². The number of hydrogen-bond acceptors (Lipinski definition) is 3. The summed E-state index contributed by atoms with van der Waals surface area (Å²) < 4.78 is 0. The average Bonchev–Trinajstić information content (AvgIpc) is 2.55. The van der Waals surface area contributed by atoms with Crippen LogP contribution in [0.4, 0.5) is 11.5 Å². The van der Waals surface area contributed by atoms with E-state index in [0.29, 0.717) is 5.56 Å². The minimum Gasteiger partial charge on any atom is -0.357 e.